The lowest BCUT2D eigenvalue weighted by molar-refractivity contribution is -0.122. The fourth-order valence-corrected chi connectivity index (χ4v) is 2.19. The zero-order valence-corrected chi connectivity index (χ0v) is 12.0. The van der Waals surface area contributed by atoms with Gasteiger partial charge in [-0.1, -0.05) is 30.3 Å². The van der Waals surface area contributed by atoms with Crippen molar-refractivity contribution in [2.45, 2.75) is 31.8 Å². The van der Waals surface area contributed by atoms with Crippen LogP contribution in [-0.4, -0.2) is 28.3 Å². The van der Waals surface area contributed by atoms with Crippen molar-refractivity contribution < 1.29 is 4.79 Å². The second-order valence-electron chi connectivity index (χ2n) is 5.43. The van der Waals surface area contributed by atoms with Crippen molar-refractivity contribution in [1.82, 2.24) is 15.1 Å². The Labute approximate surface area is 124 Å². The number of amides is 1. The van der Waals surface area contributed by atoms with E-state index < -0.39 is 0 Å². The van der Waals surface area contributed by atoms with Crippen molar-refractivity contribution in [3.8, 4) is 0 Å². The molecule has 2 aromatic rings. The first-order valence-electron chi connectivity index (χ1n) is 7.39. The minimum absolute atomic E-state index is 0.0384. The third-order valence-corrected chi connectivity index (χ3v) is 3.47. The number of hydrogen-bond donors (Lipinski definition) is 2. The number of hydrogen-bond acceptors (Lipinski definition) is 3. The van der Waals surface area contributed by atoms with Gasteiger partial charge in [-0.2, -0.15) is 5.10 Å². The van der Waals surface area contributed by atoms with Crippen molar-refractivity contribution >= 4 is 11.6 Å². The molecule has 1 amide bonds. The van der Waals surface area contributed by atoms with Crippen LogP contribution in [0, 0.1) is 0 Å². The lowest BCUT2D eigenvalue weighted by Crippen LogP contribution is -2.29. The van der Waals surface area contributed by atoms with Crippen LogP contribution in [0.15, 0.2) is 42.7 Å². The van der Waals surface area contributed by atoms with Gasteiger partial charge in [0.05, 0.1) is 11.9 Å². The van der Waals surface area contributed by atoms with E-state index in [1.54, 1.807) is 10.9 Å². The molecule has 1 heterocycles. The van der Waals surface area contributed by atoms with Crippen molar-refractivity contribution in [3.63, 3.8) is 0 Å². The first-order chi connectivity index (χ1) is 10.3. The van der Waals surface area contributed by atoms with E-state index in [9.17, 15) is 4.79 Å². The summed E-state index contributed by atoms with van der Waals surface area (Å²) in [5.74, 6) is 0.0384. The highest BCUT2D eigenvalue weighted by atomic mass is 16.2. The van der Waals surface area contributed by atoms with E-state index in [2.05, 4.69) is 27.9 Å². The Bertz CT molecular complexity index is 589. The largest absolute Gasteiger partial charge is 0.382 e. The zero-order valence-electron chi connectivity index (χ0n) is 12.0. The Balaban J connectivity index is 1.43. The minimum atomic E-state index is 0.0384. The van der Waals surface area contributed by atoms with Crippen LogP contribution in [-0.2, 0) is 17.8 Å². The van der Waals surface area contributed by atoms with Gasteiger partial charge in [0.2, 0.25) is 5.91 Å². The van der Waals surface area contributed by atoms with E-state index in [1.807, 2.05) is 24.4 Å². The molecule has 1 aromatic heterocycles. The number of rotatable bonds is 7. The number of nitrogens with one attached hydrogen (secondary N) is 2. The van der Waals surface area contributed by atoms with Crippen molar-refractivity contribution in [2.24, 2.45) is 0 Å². The summed E-state index contributed by atoms with van der Waals surface area (Å²) >= 11 is 0. The summed E-state index contributed by atoms with van der Waals surface area (Å²) in [6.07, 6.45) is 6.81. The Morgan fingerprint density at radius 1 is 1.29 bits per heavy atom. The molecule has 0 radical (unpaired) electrons. The maximum atomic E-state index is 11.7. The average Bonchev–Trinajstić information content (AvgIpc) is 3.18. The summed E-state index contributed by atoms with van der Waals surface area (Å²) in [6.45, 7) is 1.14. The fourth-order valence-electron chi connectivity index (χ4n) is 2.19. The Hall–Kier alpha value is -2.30. The van der Waals surface area contributed by atoms with Gasteiger partial charge in [-0.05, 0) is 24.8 Å². The number of nitrogens with zero attached hydrogens (tertiary/aromatic N) is 2. The molecule has 1 aliphatic carbocycles. The summed E-state index contributed by atoms with van der Waals surface area (Å²) in [5.41, 5.74) is 2.26. The van der Waals surface area contributed by atoms with Gasteiger partial charge in [0.15, 0.2) is 0 Å². The van der Waals surface area contributed by atoms with E-state index in [-0.39, 0.29) is 12.5 Å². The molecule has 0 bridgehead atoms. The van der Waals surface area contributed by atoms with Crippen molar-refractivity contribution in [1.29, 1.82) is 0 Å². The smallest absolute Gasteiger partial charge is 0.241 e. The summed E-state index contributed by atoms with van der Waals surface area (Å²) in [5, 5.41) is 10.5. The summed E-state index contributed by atoms with van der Waals surface area (Å²) in [4.78, 5) is 11.7. The molecule has 0 saturated heterocycles. The van der Waals surface area contributed by atoms with Crippen molar-refractivity contribution in [2.75, 3.05) is 11.9 Å². The molecule has 0 aliphatic heterocycles. The second kappa shape index (κ2) is 6.43. The molecule has 21 heavy (non-hydrogen) atoms. The number of carbonyl (C=O) groups excluding carboxylic acids is 1. The van der Waals surface area contributed by atoms with Gasteiger partial charge >= 0.3 is 0 Å². The second-order valence-corrected chi connectivity index (χ2v) is 5.43. The number of aromatic nitrogens is 2. The lowest BCUT2D eigenvalue weighted by atomic mass is 10.1. The molecule has 2 N–H and O–H groups in total. The Morgan fingerprint density at radius 3 is 2.86 bits per heavy atom. The standard InChI is InChI=1S/C16H20N4O/c21-16(19-14-6-7-14)12-20-11-15(10-18-20)17-9-8-13-4-2-1-3-5-13/h1-5,10-11,14,17H,6-9,12H2,(H,19,21). The Morgan fingerprint density at radius 2 is 2.10 bits per heavy atom. The maximum Gasteiger partial charge on any atom is 0.241 e. The Kier molecular flexibility index (Phi) is 4.19. The molecular formula is C16H20N4O. The van der Waals surface area contributed by atoms with E-state index in [0.717, 1.165) is 31.5 Å². The van der Waals surface area contributed by atoms with E-state index in [1.165, 1.54) is 5.56 Å². The van der Waals surface area contributed by atoms with Gasteiger partial charge in [-0.25, -0.2) is 0 Å². The van der Waals surface area contributed by atoms with Gasteiger partial charge in [0, 0.05) is 18.8 Å². The molecule has 0 atom stereocenters. The molecule has 1 fully saturated rings. The molecule has 110 valence electrons. The zero-order chi connectivity index (χ0) is 14.5. The summed E-state index contributed by atoms with van der Waals surface area (Å²) in [6, 6.07) is 10.8. The van der Waals surface area contributed by atoms with Crippen LogP contribution >= 0.6 is 0 Å². The molecule has 5 heteroatoms. The van der Waals surface area contributed by atoms with Gasteiger partial charge in [-0.3, -0.25) is 9.48 Å². The van der Waals surface area contributed by atoms with Crippen LogP contribution in [0.2, 0.25) is 0 Å². The average molecular weight is 284 g/mol. The quantitative estimate of drug-likeness (QED) is 0.815. The highest BCUT2D eigenvalue weighted by Crippen LogP contribution is 2.18. The monoisotopic (exact) mass is 284 g/mol. The summed E-state index contributed by atoms with van der Waals surface area (Å²) in [7, 11) is 0. The highest BCUT2D eigenvalue weighted by molar-refractivity contribution is 5.76. The molecule has 0 unspecified atom stereocenters. The molecule has 1 saturated carbocycles. The van der Waals surface area contributed by atoms with E-state index in [4.69, 9.17) is 0 Å². The molecule has 5 nitrogen and oxygen atoms in total. The molecular weight excluding hydrogens is 264 g/mol. The number of anilines is 1. The van der Waals surface area contributed by atoms with Crippen LogP contribution < -0.4 is 10.6 Å². The van der Waals surface area contributed by atoms with E-state index >= 15 is 0 Å². The molecule has 1 aliphatic rings. The molecule has 3 rings (SSSR count). The van der Waals surface area contributed by atoms with Crippen molar-refractivity contribution in [3.05, 3.63) is 48.3 Å². The molecule has 1 aromatic carbocycles. The van der Waals surface area contributed by atoms with Crippen LogP contribution in [0.3, 0.4) is 0 Å². The normalized spacial score (nSPS) is 13.9. The van der Waals surface area contributed by atoms with Gasteiger partial charge in [0.25, 0.3) is 0 Å². The van der Waals surface area contributed by atoms with Gasteiger partial charge in [-0.15, -0.1) is 0 Å². The first kappa shape index (κ1) is 13.7. The number of benzene rings is 1. The first-order valence-corrected chi connectivity index (χ1v) is 7.39. The van der Waals surface area contributed by atoms with Crippen LogP contribution in [0.1, 0.15) is 18.4 Å². The van der Waals surface area contributed by atoms with Crippen LogP contribution in [0.25, 0.3) is 0 Å². The predicted octanol–water partition coefficient (Wildman–Crippen LogP) is 1.82. The predicted molar refractivity (Wildman–Crippen MR) is 82.0 cm³/mol. The van der Waals surface area contributed by atoms with Crippen LogP contribution in [0.5, 0.6) is 0 Å². The molecule has 0 spiro atoms. The minimum Gasteiger partial charge on any atom is -0.382 e. The summed E-state index contributed by atoms with van der Waals surface area (Å²) < 4.78 is 1.67. The lowest BCUT2D eigenvalue weighted by Gasteiger charge is -2.04. The van der Waals surface area contributed by atoms with Gasteiger partial charge in [0.1, 0.15) is 6.54 Å². The topological polar surface area (TPSA) is 59.0 Å². The number of carbonyl (C=O) groups is 1. The van der Waals surface area contributed by atoms with Crippen LogP contribution in [0.4, 0.5) is 5.69 Å². The fraction of sp³-hybridized carbons (Fsp3) is 0.375. The maximum absolute atomic E-state index is 11.7. The third-order valence-electron chi connectivity index (χ3n) is 3.47. The third kappa shape index (κ3) is 4.34. The van der Waals surface area contributed by atoms with E-state index in [0.29, 0.717) is 6.04 Å². The van der Waals surface area contributed by atoms with Gasteiger partial charge < -0.3 is 10.6 Å². The highest BCUT2D eigenvalue weighted by Gasteiger charge is 2.23. The SMILES string of the molecule is O=C(Cn1cc(NCCc2ccccc2)cn1)NC1CC1.